The van der Waals surface area contributed by atoms with Crippen LogP contribution in [-0.4, -0.2) is 11.8 Å². The lowest BCUT2D eigenvalue weighted by molar-refractivity contribution is -0.122. The first-order valence-corrected chi connectivity index (χ1v) is 7.19. The summed E-state index contributed by atoms with van der Waals surface area (Å²) in [5.41, 5.74) is 1.62. The fourth-order valence-electron chi connectivity index (χ4n) is 2.64. The topological polar surface area (TPSA) is 37.4 Å². The average molecular weight is 300 g/mol. The lowest BCUT2D eigenvalue weighted by atomic mass is 9.98. The molecule has 4 heteroatoms. The third kappa shape index (κ3) is 2.83. The number of hydrogen-bond donors (Lipinski definition) is 0. The van der Waals surface area contributed by atoms with Gasteiger partial charge in [0, 0.05) is 11.4 Å². The Bertz CT molecular complexity index is 684. The maximum absolute atomic E-state index is 12.5. The number of nitrogens with zero attached hydrogens (tertiary/aromatic N) is 1. The number of halogens is 1. The van der Waals surface area contributed by atoms with Crippen LogP contribution in [0, 0.1) is 5.92 Å². The zero-order chi connectivity index (χ0) is 14.8. The zero-order valence-corrected chi connectivity index (χ0v) is 12.1. The summed E-state index contributed by atoms with van der Waals surface area (Å²) in [6.07, 6.45) is 0.836. The molecule has 0 N–H and O–H groups in total. The Hall–Kier alpha value is -2.13. The van der Waals surface area contributed by atoms with Crippen molar-refractivity contribution in [3.05, 3.63) is 65.2 Å². The average Bonchev–Trinajstić information content (AvgIpc) is 2.74. The summed E-state index contributed by atoms with van der Waals surface area (Å²) in [4.78, 5) is 25.9. The van der Waals surface area contributed by atoms with Gasteiger partial charge in [0.25, 0.3) is 0 Å². The van der Waals surface area contributed by atoms with Crippen molar-refractivity contribution in [2.75, 3.05) is 4.90 Å². The number of anilines is 1. The normalized spacial score (nSPS) is 18.3. The molecule has 2 aromatic rings. The van der Waals surface area contributed by atoms with E-state index >= 15 is 0 Å². The molecule has 3 rings (SSSR count). The summed E-state index contributed by atoms with van der Waals surface area (Å²) < 4.78 is 0. The standard InChI is InChI=1S/C17H14ClNO2/c18-14-7-4-8-15(11-14)19-16(20)10-13(17(19)21)9-12-5-2-1-3-6-12/h1-8,11,13H,9-10H2/t13-/m1/s1. The van der Waals surface area contributed by atoms with Crippen molar-refractivity contribution in [2.45, 2.75) is 12.8 Å². The first-order chi connectivity index (χ1) is 10.1. The SMILES string of the molecule is O=C1C[C@@H](Cc2ccccc2)C(=O)N1c1cccc(Cl)c1. The third-order valence-electron chi connectivity index (χ3n) is 3.63. The minimum Gasteiger partial charge on any atom is -0.274 e. The monoisotopic (exact) mass is 299 g/mol. The second-order valence-electron chi connectivity index (χ2n) is 5.14. The second-order valence-corrected chi connectivity index (χ2v) is 5.57. The number of carbonyl (C=O) groups is 2. The van der Waals surface area contributed by atoms with Crippen molar-refractivity contribution in [1.82, 2.24) is 0 Å². The van der Waals surface area contributed by atoms with Crippen molar-refractivity contribution in [3.8, 4) is 0 Å². The van der Waals surface area contributed by atoms with Gasteiger partial charge in [-0.1, -0.05) is 48.0 Å². The number of imide groups is 1. The summed E-state index contributed by atoms with van der Waals surface area (Å²) >= 11 is 5.94. The van der Waals surface area contributed by atoms with Gasteiger partial charge in [0.2, 0.25) is 11.8 Å². The molecule has 0 radical (unpaired) electrons. The molecule has 3 nitrogen and oxygen atoms in total. The number of rotatable bonds is 3. The maximum atomic E-state index is 12.5. The molecule has 0 spiro atoms. The van der Waals surface area contributed by atoms with Crippen LogP contribution in [0.4, 0.5) is 5.69 Å². The van der Waals surface area contributed by atoms with Gasteiger partial charge in [0.1, 0.15) is 0 Å². The van der Waals surface area contributed by atoms with Crippen molar-refractivity contribution < 1.29 is 9.59 Å². The van der Waals surface area contributed by atoms with Crippen molar-refractivity contribution in [1.29, 1.82) is 0 Å². The molecule has 1 aliphatic heterocycles. The van der Waals surface area contributed by atoms with Gasteiger partial charge in [0.05, 0.1) is 11.6 Å². The Morgan fingerprint density at radius 1 is 1.05 bits per heavy atom. The smallest absolute Gasteiger partial charge is 0.237 e. The highest BCUT2D eigenvalue weighted by molar-refractivity contribution is 6.31. The van der Waals surface area contributed by atoms with Crippen LogP contribution in [-0.2, 0) is 16.0 Å². The van der Waals surface area contributed by atoms with Gasteiger partial charge in [-0.2, -0.15) is 0 Å². The van der Waals surface area contributed by atoms with E-state index in [0.29, 0.717) is 17.1 Å². The van der Waals surface area contributed by atoms with Gasteiger partial charge in [-0.05, 0) is 30.2 Å². The molecule has 1 aliphatic rings. The molecule has 106 valence electrons. The van der Waals surface area contributed by atoms with Gasteiger partial charge in [0.15, 0.2) is 0 Å². The van der Waals surface area contributed by atoms with E-state index in [2.05, 4.69) is 0 Å². The fourth-order valence-corrected chi connectivity index (χ4v) is 2.82. The molecule has 0 unspecified atom stereocenters. The van der Waals surface area contributed by atoms with E-state index in [4.69, 9.17) is 11.6 Å². The summed E-state index contributed by atoms with van der Waals surface area (Å²) in [6.45, 7) is 0. The lowest BCUT2D eigenvalue weighted by Gasteiger charge is -2.15. The third-order valence-corrected chi connectivity index (χ3v) is 3.87. The predicted octanol–water partition coefficient (Wildman–Crippen LogP) is 3.46. The van der Waals surface area contributed by atoms with Crippen molar-refractivity contribution in [2.24, 2.45) is 5.92 Å². The van der Waals surface area contributed by atoms with Crippen LogP contribution in [0.25, 0.3) is 0 Å². The Labute approximate surface area is 128 Å². The van der Waals surface area contributed by atoms with Crippen LogP contribution >= 0.6 is 11.6 Å². The minimum absolute atomic E-state index is 0.147. The van der Waals surface area contributed by atoms with Gasteiger partial charge in [-0.3, -0.25) is 14.5 Å². The van der Waals surface area contributed by atoms with Crippen LogP contribution < -0.4 is 4.90 Å². The summed E-state index contributed by atoms with van der Waals surface area (Å²) in [5.74, 6) is -0.604. The molecule has 2 aromatic carbocycles. The molecule has 1 heterocycles. The van der Waals surface area contributed by atoms with Crippen LogP contribution in [0.15, 0.2) is 54.6 Å². The van der Waals surface area contributed by atoms with Crippen LogP contribution in [0.3, 0.4) is 0 Å². The summed E-state index contributed by atoms with van der Waals surface area (Å²) in [7, 11) is 0. The van der Waals surface area contributed by atoms with Crippen molar-refractivity contribution >= 4 is 29.1 Å². The summed E-state index contributed by atoms with van der Waals surface area (Å²) in [6, 6.07) is 16.6. The lowest BCUT2D eigenvalue weighted by Crippen LogP contribution is -2.30. The highest BCUT2D eigenvalue weighted by Crippen LogP contribution is 2.30. The van der Waals surface area contributed by atoms with E-state index in [0.717, 1.165) is 5.56 Å². The van der Waals surface area contributed by atoms with Gasteiger partial charge in [-0.25, -0.2) is 0 Å². The van der Waals surface area contributed by atoms with E-state index in [-0.39, 0.29) is 24.2 Å². The number of amides is 2. The molecule has 1 fully saturated rings. The molecule has 0 saturated carbocycles. The number of hydrogen-bond acceptors (Lipinski definition) is 2. The highest BCUT2D eigenvalue weighted by Gasteiger charge is 2.39. The Kier molecular flexibility index (Phi) is 3.76. The first-order valence-electron chi connectivity index (χ1n) is 6.81. The largest absolute Gasteiger partial charge is 0.274 e. The quantitative estimate of drug-likeness (QED) is 0.814. The van der Waals surface area contributed by atoms with E-state index in [1.165, 1.54) is 4.90 Å². The Morgan fingerprint density at radius 2 is 1.81 bits per heavy atom. The van der Waals surface area contributed by atoms with E-state index in [9.17, 15) is 9.59 Å². The van der Waals surface area contributed by atoms with Crippen LogP contribution in [0.2, 0.25) is 5.02 Å². The van der Waals surface area contributed by atoms with Crippen molar-refractivity contribution in [3.63, 3.8) is 0 Å². The number of carbonyl (C=O) groups excluding carboxylic acids is 2. The molecule has 0 bridgehead atoms. The van der Waals surface area contributed by atoms with E-state index in [1.807, 2.05) is 30.3 Å². The molecule has 0 aromatic heterocycles. The second kappa shape index (κ2) is 5.70. The Balaban J connectivity index is 1.82. The van der Waals surface area contributed by atoms with Crippen LogP contribution in [0.5, 0.6) is 0 Å². The minimum atomic E-state index is -0.293. The summed E-state index contributed by atoms with van der Waals surface area (Å²) in [5, 5.41) is 0.514. The number of benzene rings is 2. The molecule has 0 aliphatic carbocycles. The van der Waals surface area contributed by atoms with Crippen LogP contribution in [0.1, 0.15) is 12.0 Å². The van der Waals surface area contributed by atoms with Gasteiger partial charge < -0.3 is 0 Å². The molecular weight excluding hydrogens is 286 g/mol. The van der Waals surface area contributed by atoms with Gasteiger partial charge >= 0.3 is 0 Å². The molecule has 1 atom stereocenters. The molecule has 2 amide bonds. The predicted molar refractivity (Wildman–Crippen MR) is 82.2 cm³/mol. The molecule has 21 heavy (non-hydrogen) atoms. The molecule has 1 saturated heterocycles. The van der Waals surface area contributed by atoms with E-state index < -0.39 is 0 Å². The fraction of sp³-hybridized carbons (Fsp3) is 0.176. The van der Waals surface area contributed by atoms with E-state index in [1.54, 1.807) is 24.3 Å². The zero-order valence-electron chi connectivity index (χ0n) is 11.3. The Morgan fingerprint density at radius 3 is 2.52 bits per heavy atom. The first kappa shape index (κ1) is 13.8. The molecular formula is C17H14ClNO2. The maximum Gasteiger partial charge on any atom is 0.237 e. The van der Waals surface area contributed by atoms with Gasteiger partial charge in [-0.15, -0.1) is 0 Å². The highest BCUT2D eigenvalue weighted by atomic mass is 35.5.